The summed E-state index contributed by atoms with van der Waals surface area (Å²) in [6.45, 7) is 3.65. The van der Waals surface area contributed by atoms with Crippen molar-refractivity contribution in [3.8, 4) is 0 Å². The van der Waals surface area contributed by atoms with E-state index >= 15 is 0 Å². The highest BCUT2D eigenvalue weighted by Crippen LogP contribution is 2.16. The van der Waals surface area contributed by atoms with Gasteiger partial charge in [-0.05, 0) is 37.6 Å². The highest BCUT2D eigenvalue weighted by atomic mass is 16.1. The molecule has 2 aromatic heterocycles. The molecule has 0 aliphatic carbocycles. The average molecular weight is 308 g/mol. The van der Waals surface area contributed by atoms with Crippen LogP contribution in [0.2, 0.25) is 0 Å². The van der Waals surface area contributed by atoms with Crippen LogP contribution in [0.25, 0.3) is 11.0 Å². The maximum absolute atomic E-state index is 11.9. The topological polar surface area (TPSA) is 59.8 Å². The van der Waals surface area contributed by atoms with Gasteiger partial charge in [0.1, 0.15) is 5.82 Å². The zero-order valence-electron chi connectivity index (χ0n) is 13.2. The lowest BCUT2D eigenvalue weighted by atomic mass is 10.2. The Morgan fingerprint density at radius 3 is 2.87 bits per heavy atom. The van der Waals surface area contributed by atoms with E-state index in [9.17, 15) is 4.79 Å². The zero-order chi connectivity index (χ0) is 16.1. The van der Waals surface area contributed by atoms with Gasteiger partial charge in [0, 0.05) is 31.9 Å². The first-order valence-electron chi connectivity index (χ1n) is 7.92. The molecule has 118 valence electrons. The van der Waals surface area contributed by atoms with Crippen molar-refractivity contribution in [2.45, 2.75) is 26.3 Å². The molecule has 3 rings (SSSR count). The summed E-state index contributed by atoms with van der Waals surface area (Å²) < 4.78 is 2.23. The molecule has 0 saturated heterocycles. The van der Waals surface area contributed by atoms with Crippen molar-refractivity contribution in [3.05, 3.63) is 60.2 Å². The number of fused-ring (bicyclic) bond motifs is 1. The summed E-state index contributed by atoms with van der Waals surface area (Å²) in [7, 11) is 0. The minimum Gasteiger partial charge on any atom is -0.352 e. The predicted octanol–water partition coefficient (Wildman–Crippen LogP) is 2.81. The van der Waals surface area contributed by atoms with Crippen LogP contribution < -0.4 is 5.32 Å². The quantitative estimate of drug-likeness (QED) is 0.712. The number of aryl methyl sites for hydroxylation is 2. The van der Waals surface area contributed by atoms with Crippen LogP contribution in [0.3, 0.4) is 0 Å². The van der Waals surface area contributed by atoms with Crippen LogP contribution in [0.15, 0.2) is 48.8 Å². The van der Waals surface area contributed by atoms with Gasteiger partial charge in [-0.3, -0.25) is 9.78 Å². The summed E-state index contributed by atoms with van der Waals surface area (Å²) in [6.07, 6.45) is 4.93. The molecule has 1 aromatic carbocycles. The molecule has 5 nitrogen and oxygen atoms in total. The Morgan fingerprint density at radius 1 is 1.22 bits per heavy atom. The van der Waals surface area contributed by atoms with Crippen molar-refractivity contribution in [2.24, 2.45) is 0 Å². The molecule has 1 amide bonds. The zero-order valence-corrected chi connectivity index (χ0v) is 13.2. The van der Waals surface area contributed by atoms with Crippen LogP contribution in [-0.4, -0.2) is 27.0 Å². The Kier molecular flexibility index (Phi) is 4.66. The van der Waals surface area contributed by atoms with Gasteiger partial charge in [0.2, 0.25) is 0 Å². The number of rotatable bonds is 6. The Hall–Kier alpha value is -2.69. The van der Waals surface area contributed by atoms with Crippen LogP contribution in [0, 0.1) is 0 Å². The third-order valence-electron chi connectivity index (χ3n) is 3.84. The average Bonchev–Trinajstić information content (AvgIpc) is 2.96. The van der Waals surface area contributed by atoms with E-state index in [2.05, 4.69) is 27.9 Å². The third-order valence-corrected chi connectivity index (χ3v) is 3.84. The molecule has 0 aliphatic heterocycles. The Bertz CT molecular complexity index is 795. The van der Waals surface area contributed by atoms with E-state index in [1.807, 2.05) is 18.2 Å². The highest BCUT2D eigenvalue weighted by molar-refractivity contribution is 5.93. The van der Waals surface area contributed by atoms with Crippen molar-refractivity contribution < 1.29 is 4.79 Å². The molecule has 0 fully saturated rings. The lowest BCUT2D eigenvalue weighted by Crippen LogP contribution is -2.25. The van der Waals surface area contributed by atoms with Gasteiger partial charge < -0.3 is 9.88 Å². The molecule has 3 aromatic rings. The fraction of sp³-hybridized carbons (Fsp3) is 0.278. The Balaban J connectivity index is 1.58. The first-order chi connectivity index (χ1) is 11.3. The number of benzene rings is 1. The number of hydrogen-bond acceptors (Lipinski definition) is 3. The number of imidazole rings is 1. The van der Waals surface area contributed by atoms with E-state index in [-0.39, 0.29) is 5.91 Å². The molecule has 5 heteroatoms. The molecule has 0 saturated carbocycles. The van der Waals surface area contributed by atoms with E-state index in [0.717, 1.165) is 30.7 Å². The first kappa shape index (κ1) is 15.2. The van der Waals surface area contributed by atoms with Crippen LogP contribution in [0.5, 0.6) is 0 Å². The Morgan fingerprint density at radius 2 is 2.09 bits per heavy atom. The molecular formula is C18H20N4O. The first-order valence-corrected chi connectivity index (χ1v) is 7.92. The summed E-state index contributed by atoms with van der Waals surface area (Å²) in [6, 6.07) is 11.7. The molecule has 0 atom stereocenters. The molecule has 0 aliphatic rings. The van der Waals surface area contributed by atoms with E-state index in [0.29, 0.717) is 12.1 Å². The maximum atomic E-state index is 11.9. The number of carbonyl (C=O) groups is 1. The molecule has 23 heavy (non-hydrogen) atoms. The van der Waals surface area contributed by atoms with Crippen LogP contribution in [0.4, 0.5) is 0 Å². The van der Waals surface area contributed by atoms with Crippen molar-refractivity contribution in [1.82, 2.24) is 19.9 Å². The van der Waals surface area contributed by atoms with Crippen LogP contribution in [-0.2, 0) is 13.0 Å². The van der Waals surface area contributed by atoms with E-state index in [1.54, 1.807) is 24.5 Å². The smallest absolute Gasteiger partial charge is 0.252 e. The fourth-order valence-electron chi connectivity index (χ4n) is 2.72. The largest absolute Gasteiger partial charge is 0.352 e. The minimum absolute atomic E-state index is 0.0814. The third kappa shape index (κ3) is 3.39. The van der Waals surface area contributed by atoms with Gasteiger partial charge in [0.05, 0.1) is 16.6 Å². The minimum atomic E-state index is -0.0814. The fourth-order valence-corrected chi connectivity index (χ4v) is 2.72. The second-order valence-corrected chi connectivity index (χ2v) is 5.36. The van der Waals surface area contributed by atoms with E-state index in [1.165, 1.54) is 5.52 Å². The summed E-state index contributed by atoms with van der Waals surface area (Å²) in [5.41, 5.74) is 2.79. The van der Waals surface area contributed by atoms with Crippen molar-refractivity contribution in [2.75, 3.05) is 6.54 Å². The second kappa shape index (κ2) is 7.05. The molecule has 0 unspecified atom stereocenters. The summed E-state index contributed by atoms with van der Waals surface area (Å²) >= 11 is 0. The normalized spacial score (nSPS) is 10.8. The number of carbonyl (C=O) groups excluding carboxylic acids is 1. The van der Waals surface area contributed by atoms with E-state index in [4.69, 9.17) is 4.98 Å². The highest BCUT2D eigenvalue weighted by Gasteiger charge is 2.09. The number of hydrogen-bond donors (Lipinski definition) is 1. The SMILES string of the molecule is CCn1c(CCCNC(=O)c2cccnc2)nc2ccccc21. The number of nitrogens with zero attached hydrogens (tertiary/aromatic N) is 3. The number of nitrogens with one attached hydrogen (secondary N) is 1. The molecule has 2 heterocycles. The molecule has 0 radical (unpaired) electrons. The molecular weight excluding hydrogens is 288 g/mol. The Labute approximate surface area is 135 Å². The van der Waals surface area contributed by atoms with Gasteiger partial charge in [-0.2, -0.15) is 0 Å². The van der Waals surface area contributed by atoms with Crippen molar-refractivity contribution >= 4 is 16.9 Å². The number of para-hydroxylation sites is 2. The summed E-state index contributed by atoms with van der Waals surface area (Å²) in [5.74, 6) is 0.992. The number of aromatic nitrogens is 3. The van der Waals surface area contributed by atoms with Gasteiger partial charge in [0.15, 0.2) is 0 Å². The predicted molar refractivity (Wildman–Crippen MR) is 90.3 cm³/mol. The second-order valence-electron chi connectivity index (χ2n) is 5.36. The van der Waals surface area contributed by atoms with Crippen LogP contribution in [0.1, 0.15) is 29.5 Å². The van der Waals surface area contributed by atoms with Gasteiger partial charge in [0.25, 0.3) is 5.91 Å². The van der Waals surface area contributed by atoms with Crippen molar-refractivity contribution in [3.63, 3.8) is 0 Å². The summed E-state index contributed by atoms with van der Waals surface area (Å²) in [4.78, 5) is 20.6. The molecule has 0 bridgehead atoms. The summed E-state index contributed by atoms with van der Waals surface area (Å²) in [5, 5.41) is 2.92. The lowest BCUT2D eigenvalue weighted by molar-refractivity contribution is 0.0953. The van der Waals surface area contributed by atoms with Crippen molar-refractivity contribution in [1.29, 1.82) is 0 Å². The van der Waals surface area contributed by atoms with Gasteiger partial charge in [-0.15, -0.1) is 0 Å². The maximum Gasteiger partial charge on any atom is 0.252 e. The number of amides is 1. The molecule has 1 N–H and O–H groups in total. The van der Waals surface area contributed by atoms with E-state index < -0.39 is 0 Å². The van der Waals surface area contributed by atoms with Gasteiger partial charge >= 0.3 is 0 Å². The van der Waals surface area contributed by atoms with Gasteiger partial charge in [-0.1, -0.05) is 12.1 Å². The lowest BCUT2D eigenvalue weighted by Gasteiger charge is -2.07. The van der Waals surface area contributed by atoms with Crippen LogP contribution >= 0.6 is 0 Å². The standard InChI is InChI=1S/C18H20N4O/c1-2-22-16-9-4-3-8-15(16)21-17(22)10-6-12-20-18(23)14-7-5-11-19-13-14/h3-5,7-9,11,13H,2,6,10,12H2,1H3,(H,20,23). The monoisotopic (exact) mass is 308 g/mol. The number of pyridine rings is 1. The molecule has 0 spiro atoms. The van der Waals surface area contributed by atoms with Gasteiger partial charge in [-0.25, -0.2) is 4.98 Å².